The summed E-state index contributed by atoms with van der Waals surface area (Å²) in [6.45, 7) is 2.23. The zero-order valence-electron chi connectivity index (χ0n) is 7.79. The van der Waals surface area contributed by atoms with Crippen molar-refractivity contribution in [1.82, 2.24) is 0 Å². The maximum Gasteiger partial charge on any atom is 0.147 e. The molecule has 0 unspecified atom stereocenters. The van der Waals surface area contributed by atoms with E-state index in [1.807, 2.05) is 12.1 Å². The van der Waals surface area contributed by atoms with Gasteiger partial charge in [0.2, 0.25) is 0 Å². The van der Waals surface area contributed by atoms with Crippen LogP contribution >= 0.6 is 0 Å². The van der Waals surface area contributed by atoms with Gasteiger partial charge < -0.3 is 15.4 Å². The zero-order chi connectivity index (χ0) is 9.26. The third-order valence-electron chi connectivity index (χ3n) is 2.38. The van der Waals surface area contributed by atoms with Crippen molar-refractivity contribution in [2.75, 3.05) is 25.1 Å². The van der Waals surface area contributed by atoms with E-state index in [2.05, 4.69) is 18.0 Å². The Hall–Kier alpha value is -1.22. The number of benzene rings is 1. The Labute approximate surface area is 78.1 Å². The Morgan fingerprint density at radius 2 is 2.38 bits per heavy atom. The van der Waals surface area contributed by atoms with Gasteiger partial charge in [0.1, 0.15) is 12.4 Å². The highest BCUT2D eigenvalue weighted by Gasteiger charge is 2.16. The van der Waals surface area contributed by atoms with Crippen LogP contribution in [0.2, 0.25) is 0 Å². The van der Waals surface area contributed by atoms with Crippen LogP contribution in [0, 0.1) is 0 Å². The first-order valence-electron chi connectivity index (χ1n) is 4.49. The molecule has 2 rings (SSSR count). The van der Waals surface area contributed by atoms with Gasteiger partial charge in [0.15, 0.2) is 0 Å². The largest absolute Gasteiger partial charge is 0.489 e. The van der Waals surface area contributed by atoms with Gasteiger partial charge in [-0.2, -0.15) is 0 Å². The Balaban J connectivity index is 2.48. The van der Waals surface area contributed by atoms with Crippen molar-refractivity contribution in [3.05, 3.63) is 23.8 Å². The number of nitrogens with zero attached hydrogens (tertiary/aromatic N) is 1. The number of nitrogens with two attached hydrogens (primary N) is 1. The van der Waals surface area contributed by atoms with Gasteiger partial charge in [-0.1, -0.05) is 12.1 Å². The fourth-order valence-electron chi connectivity index (χ4n) is 1.60. The van der Waals surface area contributed by atoms with Crippen LogP contribution in [0.25, 0.3) is 0 Å². The molecular weight excluding hydrogens is 164 g/mol. The molecule has 1 aromatic carbocycles. The smallest absolute Gasteiger partial charge is 0.147 e. The SMILES string of the molecule is CN1CCOc2c(CN)cccc21. The van der Waals surface area contributed by atoms with E-state index < -0.39 is 0 Å². The molecule has 70 valence electrons. The maximum atomic E-state index is 5.62. The molecule has 0 aliphatic carbocycles. The van der Waals surface area contributed by atoms with Crippen LogP contribution in [-0.4, -0.2) is 20.2 Å². The third-order valence-corrected chi connectivity index (χ3v) is 2.38. The fraction of sp³-hybridized carbons (Fsp3) is 0.400. The summed E-state index contributed by atoms with van der Waals surface area (Å²) >= 11 is 0. The second kappa shape index (κ2) is 3.26. The summed E-state index contributed by atoms with van der Waals surface area (Å²) in [4.78, 5) is 2.19. The standard InChI is InChI=1S/C10H14N2O/c1-12-5-6-13-10-8(7-11)3-2-4-9(10)12/h2-4H,5-7,11H2,1H3. The number of fused-ring (bicyclic) bond motifs is 1. The zero-order valence-corrected chi connectivity index (χ0v) is 7.79. The van der Waals surface area contributed by atoms with Crippen LogP contribution in [0.5, 0.6) is 5.75 Å². The van der Waals surface area contributed by atoms with Gasteiger partial charge >= 0.3 is 0 Å². The molecular formula is C10H14N2O. The first-order chi connectivity index (χ1) is 6.33. The van der Waals surface area contributed by atoms with Crippen LogP contribution in [0.3, 0.4) is 0 Å². The van der Waals surface area contributed by atoms with Crippen LogP contribution in [0.15, 0.2) is 18.2 Å². The minimum atomic E-state index is 0.539. The fourth-order valence-corrected chi connectivity index (χ4v) is 1.60. The number of rotatable bonds is 1. The average Bonchev–Trinajstić information content (AvgIpc) is 2.18. The Kier molecular flexibility index (Phi) is 2.10. The highest BCUT2D eigenvalue weighted by Crippen LogP contribution is 2.33. The van der Waals surface area contributed by atoms with E-state index in [0.717, 1.165) is 30.2 Å². The Morgan fingerprint density at radius 1 is 1.54 bits per heavy atom. The van der Waals surface area contributed by atoms with Crippen molar-refractivity contribution < 1.29 is 4.74 Å². The topological polar surface area (TPSA) is 38.5 Å². The van der Waals surface area contributed by atoms with E-state index in [0.29, 0.717) is 6.54 Å². The van der Waals surface area contributed by atoms with Gasteiger partial charge in [0, 0.05) is 19.2 Å². The van der Waals surface area contributed by atoms with Gasteiger partial charge in [-0.25, -0.2) is 0 Å². The molecule has 0 aromatic heterocycles. The van der Waals surface area contributed by atoms with Crippen molar-refractivity contribution in [2.45, 2.75) is 6.54 Å². The molecule has 0 amide bonds. The van der Waals surface area contributed by atoms with Gasteiger partial charge in [-0.3, -0.25) is 0 Å². The highest BCUT2D eigenvalue weighted by atomic mass is 16.5. The molecule has 1 heterocycles. The molecule has 1 aromatic rings. The number of likely N-dealkylation sites (N-methyl/N-ethyl adjacent to an activating group) is 1. The van der Waals surface area contributed by atoms with Crippen molar-refractivity contribution in [1.29, 1.82) is 0 Å². The van der Waals surface area contributed by atoms with E-state index in [1.165, 1.54) is 0 Å². The van der Waals surface area contributed by atoms with Crippen LogP contribution < -0.4 is 15.4 Å². The monoisotopic (exact) mass is 178 g/mol. The normalized spacial score (nSPS) is 15.1. The second-order valence-corrected chi connectivity index (χ2v) is 3.24. The van der Waals surface area contributed by atoms with Gasteiger partial charge in [0.05, 0.1) is 12.2 Å². The number of hydrogen-bond acceptors (Lipinski definition) is 3. The molecule has 1 aliphatic heterocycles. The van der Waals surface area contributed by atoms with E-state index >= 15 is 0 Å². The molecule has 0 spiro atoms. The maximum absolute atomic E-state index is 5.62. The summed E-state index contributed by atoms with van der Waals surface area (Å²) in [5.74, 6) is 0.957. The van der Waals surface area contributed by atoms with Gasteiger partial charge in [-0.15, -0.1) is 0 Å². The lowest BCUT2D eigenvalue weighted by Gasteiger charge is -2.28. The Bertz CT molecular complexity index is 312. The van der Waals surface area contributed by atoms with Crippen molar-refractivity contribution in [2.24, 2.45) is 5.73 Å². The number of anilines is 1. The predicted molar refractivity (Wildman–Crippen MR) is 53.1 cm³/mol. The first-order valence-corrected chi connectivity index (χ1v) is 4.49. The minimum Gasteiger partial charge on any atom is -0.489 e. The predicted octanol–water partition coefficient (Wildman–Crippen LogP) is 0.974. The molecule has 1 aliphatic rings. The highest BCUT2D eigenvalue weighted by molar-refractivity contribution is 5.62. The lowest BCUT2D eigenvalue weighted by atomic mass is 10.1. The van der Waals surface area contributed by atoms with Gasteiger partial charge in [0.25, 0.3) is 0 Å². The van der Waals surface area contributed by atoms with Crippen LogP contribution in [0.4, 0.5) is 5.69 Å². The summed E-state index contributed by atoms with van der Waals surface area (Å²) in [7, 11) is 2.07. The summed E-state index contributed by atoms with van der Waals surface area (Å²) in [6, 6.07) is 6.10. The molecule has 3 heteroatoms. The molecule has 0 saturated heterocycles. The second-order valence-electron chi connectivity index (χ2n) is 3.24. The quantitative estimate of drug-likeness (QED) is 0.696. The molecule has 0 atom stereocenters. The number of para-hydroxylation sites is 1. The van der Waals surface area contributed by atoms with Crippen molar-refractivity contribution >= 4 is 5.69 Å². The summed E-state index contributed by atoms with van der Waals surface area (Å²) in [5.41, 5.74) is 7.86. The molecule has 0 radical (unpaired) electrons. The number of ether oxygens (including phenoxy) is 1. The minimum absolute atomic E-state index is 0.539. The van der Waals surface area contributed by atoms with E-state index in [4.69, 9.17) is 10.5 Å². The summed E-state index contributed by atoms with van der Waals surface area (Å²) in [5, 5.41) is 0. The van der Waals surface area contributed by atoms with E-state index in [-0.39, 0.29) is 0 Å². The lowest BCUT2D eigenvalue weighted by molar-refractivity contribution is 0.308. The molecule has 3 nitrogen and oxygen atoms in total. The van der Waals surface area contributed by atoms with E-state index in [9.17, 15) is 0 Å². The van der Waals surface area contributed by atoms with Crippen molar-refractivity contribution in [3.63, 3.8) is 0 Å². The Morgan fingerprint density at radius 3 is 3.15 bits per heavy atom. The molecule has 2 N–H and O–H groups in total. The van der Waals surface area contributed by atoms with E-state index in [1.54, 1.807) is 0 Å². The molecule has 0 saturated carbocycles. The summed E-state index contributed by atoms with van der Waals surface area (Å²) < 4.78 is 5.59. The van der Waals surface area contributed by atoms with Crippen molar-refractivity contribution in [3.8, 4) is 5.75 Å². The third kappa shape index (κ3) is 1.35. The lowest BCUT2D eigenvalue weighted by Crippen LogP contribution is -2.29. The average molecular weight is 178 g/mol. The van der Waals surface area contributed by atoms with Crippen LogP contribution in [-0.2, 0) is 6.54 Å². The summed E-state index contributed by atoms with van der Waals surface area (Å²) in [6.07, 6.45) is 0. The molecule has 0 bridgehead atoms. The first kappa shape index (κ1) is 8.38. The van der Waals surface area contributed by atoms with Crippen LogP contribution in [0.1, 0.15) is 5.56 Å². The molecule has 0 fully saturated rings. The molecule has 13 heavy (non-hydrogen) atoms. The number of hydrogen-bond donors (Lipinski definition) is 1. The van der Waals surface area contributed by atoms with Gasteiger partial charge in [-0.05, 0) is 6.07 Å².